The Morgan fingerprint density at radius 1 is 1.35 bits per heavy atom. The van der Waals surface area contributed by atoms with Crippen molar-refractivity contribution in [3.63, 3.8) is 0 Å². The minimum Gasteiger partial charge on any atom is -0.477 e. The highest BCUT2D eigenvalue weighted by Crippen LogP contribution is 2.47. The van der Waals surface area contributed by atoms with Gasteiger partial charge in [0.15, 0.2) is 0 Å². The number of pyridine rings is 1. The number of benzene rings is 1. The number of nitrogens with one attached hydrogen (secondary N) is 1. The van der Waals surface area contributed by atoms with Gasteiger partial charge in [-0.05, 0) is 12.1 Å². The van der Waals surface area contributed by atoms with Gasteiger partial charge in [-0.1, -0.05) is 11.8 Å². The monoisotopic (exact) mass is 403 g/mol. The van der Waals surface area contributed by atoms with Crippen LogP contribution in [0.2, 0.25) is 0 Å². The Kier molecular flexibility index (Phi) is 5.14. The second-order valence-electron chi connectivity index (χ2n) is 5.97. The van der Waals surface area contributed by atoms with E-state index in [9.17, 15) is 23.5 Å². The Labute approximate surface area is 157 Å². The number of aromatic carboxylic acids is 1. The van der Waals surface area contributed by atoms with Gasteiger partial charge in [0.05, 0.1) is 16.2 Å². The van der Waals surface area contributed by atoms with Gasteiger partial charge in [0.1, 0.15) is 23.4 Å². The number of thioether (sulfide) groups is 1. The molecule has 0 saturated carbocycles. The van der Waals surface area contributed by atoms with Gasteiger partial charge >= 0.3 is 5.97 Å². The zero-order valence-corrected chi connectivity index (χ0v) is 15.1. The molecule has 6 nitrogen and oxygen atoms in total. The number of alkyl halides is 1. The molecular formula is C16H16ClF2N3O3S. The molecule has 4 rings (SSSR count). The molecule has 0 spiro atoms. The Bertz CT molecular complexity index is 947. The summed E-state index contributed by atoms with van der Waals surface area (Å²) in [5.41, 5.74) is -0.428. The summed E-state index contributed by atoms with van der Waals surface area (Å²) in [7, 11) is 0. The number of halogens is 3. The van der Waals surface area contributed by atoms with Crippen LogP contribution >= 0.6 is 24.2 Å². The smallest absolute Gasteiger partial charge is 0.342 e. The molecule has 1 aromatic heterocycles. The largest absolute Gasteiger partial charge is 0.477 e. The van der Waals surface area contributed by atoms with Crippen LogP contribution in [0.15, 0.2) is 22.0 Å². The van der Waals surface area contributed by atoms with Gasteiger partial charge in [-0.25, -0.2) is 13.6 Å². The molecule has 140 valence electrons. The average Bonchev–Trinajstić information content (AvgIpc) is 2.58. The first-order chi connectivity index (χ1) is 12.0. The third-order valence-electron chi connectivity index (χ3n) is 4.57. The fourth-order valence-electron chi connectivity index (χ4n) is 3.36. The number of nitrogens with zero attached hydrogens (tertiary/aromatic N) is 2. The number of piperazine rings is 1. The Hall–Kier alpha value is -1.84. The highest BCUT2D eigenvalue weighted by atomic mass is 35.5. The molecule has 1 fully saturated rings. The van der Waals surface area contributed by atoms with E-state index in [0.29, 0.717) is 24.3 Å². The van der Waals surface area contributed by atoms with E-state index in [2.05, 4.69) is 5.32 Å². The summed E-state index contributed by atoms with van der Waals surface area (Å²) in [6.45, 7) is 1.98. The van der Waals surface area contributed by atoms with Gasteiger partial charge in [-0.2, -0.15) is 0 Å². The molecule has 2 aromatic rings. The molecule has 0 amide bonds. The summed E-state index contributed by atoms with van der Waals surface area (Å²) < 4.78 is 29.4. The molecule has 1 atom stereocenters. The van der Waals surface area contributed by atoms with Crippen molar-refractivity contribution in [3.05, 3.63) is 33.7 Å². The Morgan fingerprint density at radius 3 is 2.65 bits per heavy atom. The molecule has 0 radical (unpaired) electrons. The van der Waals surface area contributed by atoms with Crippen molar-refractivity contribution >= 4 is 46.7 Å². The van der Waals surface area contributed by atoms with Crippen molar-refractivity contribution in [2.75, 3.05) is 37.8 Å². The SMILES string of the molecule is Cl.O=C(O)c1c2n(c3cc(N4CCNCC4)c(F)cc3c1=O)C(CF)S2. The lowest BCUT2D eigenvalue weighted by Crippen LogP contribution is -2.44. The van der Waals surface area contributed by atoms with Gasteiger partial charge in [0.25, 0.3) is 0 Å². The molecule has 2 aliphatic heterocycles. The number of anilines is 1. The minimum absolute atomic E-state index is 0. The van der Waals surface area contributed by atoms with Crippen LogP contribution in [-0.4, -0.2) is 48.5 Å². The van der Waals surface area contributed by atoms with Crippen LogP contribution in [0.4, 0.5) is 14.5 Å². The maximum atomic E-state index is 14.6. The van der Waals surface area contributed by atoms with Crippen LogP contribution in [-0.2, 0) is 0 Å². The second kappa shape index (κ2) is 7.05. The Balaban J connectivity index is 0.00000196. The summed E-state index contributed by atoms with van der Waals surface area (Å²) in [6, 6.07) is 2.61. The van der Waals surface area contributed by atoms with Crippen molar-refractivity contribution < 1.29 is 18.7 Å². The summed E-state index contributed by atoms with van der Waals surface area (Å²) >= 11 is 1.02. The fourth-order valence-corrected chi connectivity index (χ4v) is 4.49. The second-order valence-corrected chi connectivity index (χ2v) is 7.14. The normalized spacial score (nSPS) is 18.8. The van der Waals surface area contributed by atoms with E-state index >= 15 is 0 Å². The summed E-state index contributed by atoms with van der Waals surface area (Å²) in [5, 5.41) is 12.1. The molecule has 0 bridgehead atoms. The maximum Gasteiger partial charge on any atom is 0.342 e. The number of hydrogen-bond donors (Lipinski definition) is 2. The third kappa shape index (κ3) is 2.74. The molecule has 1 aromatic carbocycles. The minimum atomic E-state index is -1.38. The lowest BCUT2D eigenvalue weighted by molar-refractivity contribution is 0.0689. The van der Waals surface area contributed by atoms with E-state index in [0.717, 1.165) is 30.9 Å². The van der Waals surface area contributed by atoms with Gasteiger partial charge in [-0.3, -0.25) is 4.79 Å². The first-order valence-corrected chi connectivity index (χ1v) is 8.74. The van der Waals surface area contributed by atoms with Gasteiger partial charge in [0, 0.05) is 31.6 Å². The predicted octanol–water partition coefficient (Wildman–Crippen LogP) is 2.24. The lowest BCUT2D eigenvalue weighted by atomic mass is 10.1. The van der Waals surface area contributed by atoms with Crippen molar-refractivity contribution in [2.24, 2.45) is 0 Å². The molecule has 26 heavy (non-hydrogen) atoms. The quantitative estimate of drug-likeness (QED) is 0.818. The summed E-state index contributed by atoms with van der Waals surface area (Å²) in [4.78, 5) is 25.8. The molecule has 2 N–H and O–H groups in total. The van der Waals surface area contributed by atoms with Crippen LogP contribution in [0.3, 0.4) is 0 Å². The summed E-state index contributed by atoms with van der Waals surface area (Å²) in [6.07, 6.45) is 0. The highest BCUT2D eigenvalue weighted by molar-refractivity contribution is 8.00. The van der Waals surface area contributed by atoms with Crippen LogP contribution in [0.5, 0.6) is 0 Å². The van der Waals surface area contributed by atoms with E-state index in [1.807, 2.05) is 4.90 Å². The topological polar surface area (TPSA) is 74.6 Å². The van der Waals surface area contributed by atoms with Crippen molar-refractivity contribution in [1.82, 2.24) is 9.88 Å². The lowest BCUT2D eigenvalue weighted by Gasteiger charge is -2.34. The molecule has 10 heteroatoms. The number of rotatable bonds is 3. The number of aromatic nitrogens is 1. The van der Waals surface area contributed by atoms with Crippen LogP contribution in [0.25, 0.3) is 10.9 Å². The molecule has 1 saturated heterocycles. The number of fused-ring (bicyclic) bond motifs is 3. The van der Waals surface area contributed by atoms with E-state index in [1.54, 1.807) is 0 Å². The molecule has 0 aliphatic carbocycles. The zero-order chi connectivity index (χ0) is 17.7. The molecule has 2 aliphatic rings. The van der Waals surface area contributed by atoms with Gasteiger partial charge in [-0.15, -0.1) is 12.4 Å². The van der Waals surface area contributed by atoms with Crippen molar-refractivity contribution in [2.45, 2.75) is 10.4 Å². The van der Waals surface area contributed by atoms with Crippen molar-refractivity contribution in [3.8, 4) is 0 Å². The van der Waals surface area contributed by atoms with E-state index < -0.39 is 34.8 Å². The van der Waals surface area contributed by atoms with Crippen LogP contribution in [0, 0.1) is 5.82 Å². The van der Waals surface area contributed by atoms with Gasteiger partial charge in [0.2, 0.25) is 5.43 Å². The molecule has 1 unspecified atom stereocenters. The maximum absolute atomic E-state index is 14.6. The number of carbonyl (C=O) groups is 1. The Morgan fingerprint density at radius 2 is 2.04 bits per heavy atom. The van der Waals surface area contributed by atoms with E-state index in [1.165, 1.54) is 10.6 Å². The number of carboxylic acids is 1. The van der Waals surface area contributed by atoms with Gasteiger partial charge < -0.3 is 19.9 Å². The summed E-state index contributed by atoms with van der Waals surface area (Å²) in [5.74, 6) is -1.96. The third-order valence-corrected chi connectivity index (χ3v) is 5.80. The van der Waals surface area contributed by atoms with Crippen LogP contribution in [0.1, 0.15) is 15.7 Å². The number of carboxylic acid groups (broad SMARTS) is 1. The predicted molar refractivity (Wildman–Crippen MR) is 98.3 cm³/mol. The first kappa shape index (κ1) is 18.9. The first-order valence-electron chi connectivity index (χ1n) is 7.86. The van der Waals surface area contributed by atoms with Crippen LogP contribution < -0.4 is 15.6 Å². The molecule has 3 heterocycles. The number of hydrogen-bond acceptors (Lipinski definition) is 5. The highest BCUT2D eigenvalue weighted by Gasteiger charge is 2.35. The van der Waals surface area contributed by atoms with Crippen molar-refractivity contribution in [1.29, 1.82) is 0 Å². The zero-order valence-electron chi connectivity index (χ0n) is 13.5. The van der Waals surface area contributed by atoms with E-state index in [-0.39, 0.29) is 22.8 Å². The average molecular weight is 404 g/mol. The van der Waals surface area contributed by atoms with E-state index in [4.69, 9.17) is 0 Å². The molecular weight excluding hydrogens is 388 g/mol. The standard InChI is InChI=1S/C16H15F2N3O3S.ClH/c17-7-12-21-10-6-11(20-3-1-19-2-4-20)9(18)5-8(10)14(22)13(16(23)24)15(21)25-12;/h5-6,12,19H,1-4,7H2,(H,23,24);1H. The fraction of sp³-hybridized carbons (Fsp3) is 0.375.